The summed E-state index contributed by atoms with van der Waals surface area (Å²) in [5.41, 5.74) is 0.199. The molecule has 0 atom stereocenters. The predicted molar refractivity (Wildman–Crippen MR) is 99.0 cm³/mol. The highest BCUT2D eigenvalue weighted by atomic mass is 16.7. The van der Waals surface area contributed by atoms with Crippen LogP contribution in [-0.2, 0) is 0 Å². The molecule has 0 bridgehead atoms. The van der Waals surface area contributed by atoms with Gasteiger partial charge in [-0.3, -0.25) is 4.79 Å². The van der Waals surface area contributed by atoms with E-state index in [0.717, 1.165) is 0 Å². The van der Waals surface area contributed by atoms with Crippen molar-refractivity contribution in [2.75, 3.05) is 0 Å². The van der Waals surface area contributed by atoms with Crippen LogP contribution in [0.5, 0.6) is 34.5 Å². The Hall–Kier alpha value is -3.09. The number of aromatic hydroxyl groups is 2. The molecule has 27 heavy (non-hydrogen) atoms. The fraction of sp³-hybridized carbons (Fsp3) is 0.350. The van der Waals surface area contributed by atoms with Crippen LogP contribution < -0.4 is 18.9 Å². The zero-order valence-electron chi connectivity index (χ0n) is 14.9. The molecule has 2 heterocycles. The maximum Gasteiger partial charge on any atom is 0.246 e. The highest BCUT2D eigenvalue weighted by Crippen LogP contribution is 2.42. The zero-order chi connectivity index (χ0) is 19.1. The van der Waals surface area contributed by atoms with Gasteiger partial charge in [-0.2, -0.15) is 0 Å². The summed E-state index contributed by atoms with van der Waals surface area (Å²) < 4.78 is 21.6. The van der Waals surface area contributed by atoms with Crippen LogP contribution in [0.4, 0.5) is 0 Å². The van der Waals surface area contributed by atoms with Gasteiger partial charge in [0.05, 0.1) is 5.56 Å². The second-order valence-corrected chi connectivity index (χ2v) is 6.81. The number of hydrogen-bond acceptors (Lipinski definition) is 7. The van der Waals surface area contributed by atoms with Crippen LogP contribution in [0, 0.1) is 0 Å². The van der Waals surface area contributed by atoms with Crippen molar-refractivity contribution in [1.29, 1.82) is 0 Å². The minimum Gasteiger partial charge on any atom is -0.508 e. The molecule has 0 radical (unpaired) electrons. The van der Waals surface area contributed by atoms with E-state index in [-0.39, 0.29) is 24.5 Å². The van der Waals surface area contributed by atoms with Crippen LogP contribution >= 0.6 is 0 Å². The van der Waals surface area contributed by atoms with Crippen molar-refractivity contribution in [2.45, 2.75) is 46.7 Å². The lowest BCUT2D eigenvalue weighted by atomic mass is 10.2. The summed E-state index contributed by atoms with van der Waals surface area (Å²) in [5.74, 6) is 0.952. The minimum absolute atomic E-state index is 0. The minimum atomic E-state index is -0.740. The Morgan fingerprint density at radius 2 is 1.26 bits per heavy atom. The first-order valence-corrected chi connectivity index (χ1v) is 8.00. The summed E-state index contributed by atoms with van der Waals surface area (Å²) in [5, 5.41) is 18.5. The summed E-state index contributed by atoms with van der Waals surface area (Å²) in [7, 11) is 0. The average Bonchev–Trinajstić information content (AvgIpc) is 2.98. The van der Waals surface area contributed by atoms with Crippen LogP contribution in [0.15, 0.2) is 30.3 Å². The topological polar surface area (TPSA) is 94.5 Å². The van der Waals surface area contributed by atoms with Crippen molar-refractivity contribution in [1.82, 2.24) is 0 Å². The summed E-state index contributed by atoms with van der Waals surface area (Å²) >= 11 is 0. The lowest BCUT2D eigenvalue weighted by Gasteiger charge is -2.16. The molecule has 2 N–H and O–H groups in total. The number of fused-ring (bicyclic) bond motifs is 2. The Bertz CT molecular complexity index is 856. The highest BCUT2D eigenvalue weighted by Gasteiger charge is 2.33. The second kappa shape index (κ2) is 6.90. The number of aldehydes is 1. The number of benzene rings is 2. The van der Waals surface area contributed by atoms with Gasteiger partial charge >= 0.3 is 0 Å². The molecular weight excluding hydrogens is 352 g/mol. The summed E-state index contributed by atoms with van der Waals surface area (Å²) in [6.45, 7) is 7.16. The molecule has 0 amide bonds. The Morgan fingerprint density at radius 1 is 0.778 bits per heavy atom. The first-order chi connectivity index (χ1) is 12.1. The molecule has 0 unspecified atom stereocenters. The van der Waals surface area contributed by atoms with E-state index in [1.54, 1.807) is 32.0 Å². The van der Waals surface area contributed by atoms with E-state index >= 15 is 0 Å². The van der Waals surface area contributed by atoms with Gasteiger partial charge in [-0.25, -0.2) is 0 Å². The SMILES string of the molecule is C.CC1(C)Oc2cc(O)c(C=O)cc2O1.CC1(C)Oc2ccc(O)cc2O1. The van der Waals surface area contributed by atoms with Gasteiger partial charge in [0.1, 0.15) is 11.5 Å². The molecule has 2 aliphatic heterocycles. The standard InChI is InChI=1S/C10H10O4.C9H10O3.CH4/c1-10(2)13-8-3-6(5-11)7(12)4-9(8)14-10;1-9(2)11-7-4-3-6(10)5-8(7)12-9;/h3-5,12H,1-2H3;3-5,10H,1-2H3;1H4. The highest BCUT2D eigenvalue weighted by molar-refractivity contribution is 5.81. The van der Waals surface area contributed by atoms with E-state index in [4.69, 9.17) is 24.1 Å². The van der Waals surface area contributed by atoms with Crippen LogP contribution in [0.2, 0.25) is 0 Å². The van der Waals surface area contributed by atoms with Gasteiger partial charge in [-0.15, -0.1) is 0 Å². The lowest BCUT2D eigenvalue weighted by Crippen LogP contribution is -2.29. The van der Waals surface area contributed by atoms with Gasteiger partial charge < -0.3 is 29.2 Å². The first kappa shape index (κ1) is 20.2. The molecule has 0 saturated carbocycles. The fourth-order valence-electron chi connectivity index (χ4n) is 2.58. The number of phenols is 2. The Morgan fingerprint density at radius 3 is 1.81 bits per heavy atom. The molecule has 7 nitrogen and oxygen atoms in total. The van der Waals surface area contributed by atoms with Crippen molar-refractivity contribution in [3.8, 4) is 34.5 Å². The summed E-state index contributed by atoms with van der Waals surface area (Å²) in [6, 6.07) is 7.66. The largest absolute Gasteiger partial charge is 0.508 e. The van der Waals surface area contributed by atoms with Crippen LogP contribution in [0.1, 0.15) is 45.5 Å². The third kappa shape index (κ3) is 4.36. The van der Waals surface area contributed by atoms with Crippen LogP contribution in [0.25, 0.3) is 0 Å². The van der Waals surface area contributed by atoms with Crippen molar-refractivity contribution in [2.24, 2.45) is 0 Å². The first-order valence-electron chi connectivity index (χ1n) is 8.00. The zero-order valence-corrected chi connectivity index (χ0v) is 14.9. The number of ether oxygens (including phenoxy) is 4. The molecule has 0 spiro atoms. The van der Waals surface area contributed by atoms with Gasteiger partial charge in [-0.1, -0.05) is 7.43 Å². The molecule has 4 rings (SSSR count). The van der Waals surface area contributed by atoms with Gasteiger partial charge in [0, 0.05) is 39.8 Å². The monoisotopic (exact) mass is 376 g/mol. The third-order valence-corrected chi connectivity index (χ3v) is 3.57. The van der Waals surface area contributed by atoms with Crippen LogP contribution in [-0.4, -0.2) is 28.1 Å². The molecule has 2 aromatic rings. The van der Waals surface area contributed by atoms with Crippen molar-refractivity contribution < 1.29 is 34.0 Å². The average molecular weight is 376 g/mol. The van der Waals surface area contributed by atoms with Gasteiger partial charge in [0.15, 0.2) is 29.3 Å². The Labute approximate surface area is 158 Å². The molecule has 7 heteroatoms. The number of hydrogen-bond donors (Lipinski definition) is 2. The fourth-order valence-corrected chi connectivity index (χ4v) is 2.58. The van der Waals surface area contributed by atoms with E-state index in [1.807, 2.05) is 13.8 Å². The second-order valence-electron chi connectivity index (χ2n) is 6.81. The molecule has 2 aromatic carbocycles. The van der Waals surface area contributed by atoms with E-state index in [2.05, 4.69) is 0 Å². The predicted octanol–water partition coefficient (Wildman–Crippen LogP) is 4.25. The van der Waals surface area contributed by atoms with Crippen molar-refractivity contribution >= 4 is 6.29 Å². The molecule has 0 saturated heterocycles. The molecule has 0 fully saturated rings. The lowest BCUT2D eigenvalue weighted by molar-refractivity contribution is -0.0437. The molecule has 146 valence electrons. The number of carbonyl (C=O) groups is 1. The Kier molecular flexibility index (Phi) is 5.17. The molecule has 2 aliphatic rings. The van der Waals surface area contributed by atoms with Gasteiger partial charge in [0.2, 0.25) is 11.6 Å². The van der Waals surface area contributed by atoms with Crippen LogP contribution in [0.3, 0.4) is 0 Å². The van der Waals surface area contributed by atoms with E-state index in [9.17, 15) is 9.90 Å². The maximum atomic E-state index is 10.5. The van der Waals surface area contributed by atoms with E-state index in [0.29, 0.717) is 29.3 Å². The summed E-state index contributed by atoms with van der Waals surface area (Å²) in [4.78, 5) is 10.5. The molecule has 0 aliphatic carbocycles. The van der Waals surface area contributed by atoms with Gasteiger partial charge in [0.25, 0.3) is 0 Å². The molecular formula is C20H24O7. The van der Waals surface area contributed by atoms with Crippen molar-refractivity contribution in [3.05, 3.63) is 35.9 Å². The number of rotatable bonds is 1. The van der Waals surface area contributed by atoms with Gasteiger partial charge in [-0.05, 0) is 18.2 Å². The number of carbonyl (C=O) groups excluding carboxylic acids is 1. The Balaban J connectivity index is 0.000000189. The van der Waals surface area contributed by atoms with E-state index < -0.39 is 11.6 Å². The van der Waals surface area contributed by atoms with E-state index in [1.165, 1.54) is 12.1 Å². The smallest absolute Gasteiger partial charge is 0.246 e. The van der Waals surface area contributed by atoms with Crippen molar-refractivity contribution in [3.63, 3.8) is 0 Å². The maximum absolute atomic E-state index is 10.5. The third-order valence-electron chi connectivity index (χ3n) is 3.57. The summed E-state index contributed by atoms with van der Waals surface area (Å²) in [6.07, 6.45) is 0.574. The molecule has 0 aromatic heterocycles. The normalized spacial score (nSPS) is 16.6. The quantitative estimate of drug-likeness (QED) is 0.719. The number of phenolic OH excluding ortho intramolecular Hbond substituents is 2.